The maximum absolute atomic E-state index is 13.3. The zero-order chi connectivity index (χ0) is 22.3. The van der Waals surface area contributed by atoms with Crippen LogP contribution < -0.4 is 11.1 Å². The van der Waals surface area contributed by atoms with Gasteiger partial charge in [0.1, 0.15) is 0 Å². The summed E-state index contributed by atoms with van der Waals surface area (Å²) >= 11 is 0. The Morgan fingerprint density at radius 2 is 1.53 bits per heavy atom. The van der Waals surface area contributed by atoms with Crippen LogP contribution in [0.5, 0.6) is 0 Å². The van der Waals surface area contributed by atoms with Crippen LogP contribution in [0.15, 0.2) is 79.1 Å². The third kappa shape index (κ3) is 5.39. The molecule has 2 amide bonds. The minimum Gasteiger partial charge on any atom is -0.331 e. The van der Waals surface area contributed by atoms with Crippen molar-refractivity contribution in [1.29, 1.82) is 0 Å². The molecule has 4 rings (SSSR count). The second-order valence-electron chi connectivity index (χ2n) is 8.25. The van der Waals surface area contributed by atoms with Crippen LogP contribution in [-0.4, -0.2) is 33.8 Å². The number of nitrogens with two attached hydrogens (primary N) is 1. The van der Waals surface area contributed by atoms with E-state index in [4.69, 9.17) is 5.73 Å². The summed E-state index contributed by atoms with van der Waals surface area (Å²) in [5, 5.41) is 2.89. The van der Waals surface area contributed by atoms with E-state index < -0.39 is 0 Å². The number of nitrogens with zero attached hydrogens (tertiary/aromatic N) is 2. The van der Waals surface area contributed by atoms with Crippen molar-refractivity contribution in [2.75, 3.05) is 5.32 Å². The number of amides is 2. The highest BCUT2D eigenvalue weighted by molar-refractivity contribution is 6.04. The summed E-state index contributed by atoms with van der Waals surface area (Å²) in [6.45, 7) is 0.520. The van der Waals surface area contributed by atoms with Crippen LogP contribution in [0.3, 0.4) is 0 Å². The van der Waals surface area contributed by atoms with Crippen molar-refractivity contribution in [3.63, 3.8) is 0 Å². The standard InChI is InChI=1S/C26H28N4O2/c27-22-8-12-24(13-9-22)30(26(32)21-4-2-1-3-5-21)18-19-6-10-23(11-7-19)29-25(31)20-14-16-28-17-15-20/h1-7,10-11,14-17,22,24H,8-9,12-13,18,27H2,(H,29,31). The van der Waals surface area contributed by atoms with Gasteiger partial charge in [0.2, 0.25) is 0 Å². The maximum Gasteiger partial charge on any atom is 0.255 e. The average molecular weight is 429 g/mol. The molecule has 6 heteroatoms. The van der Waals surface area contributed by atoms with Gasteiger partial charge in [0.05, 0.1) is 0 Å². The van der Waals surface area contributed by atoms with Gasteiger partial charge in [-0.1, -0.05) is 30.3 Å². The lowest BCUT2D eigenvalue weighted by molar-refractivity contribution is 0.0606. The molecule has 0 saturated heterocycles. The number of pyridine rings is 1. The van der Waals surface area contributed by atoms with Gasteiger partial charge in [-0.2, -0.15) is 0 Å². The molecule has 3 N–H and O–H groups in total. The molecule has 0 spiro atoms. The van der Waals surface area contributed by atoms with E-state index in [9.17, 15) is 9.59 Å². The van der Waals surface area contributed by atoms with Gasteiger partial charge in [-0.3, -0.25) is 14.6 Å². The lowest BCUT2D eigenvalue weighted by atomic mass is 9.90. The van der Waals surface area contributed by atoms with Gasteiger partial charge in [0.15, 0.2) is 0 Å². The Hall–Kier alpha value is -3.51. The van der Waals surface area contributed by atoms with Gasteiger partial charge in [0.25, 0.3) is 11.8 Å². The summed E-state index contributed by atoms with van der Waals surface area (Å²) in [6.07, 6.45) is 6.88. The minimum atomic E-state index is -0.181. The number of hydrogen-bond acceptors (Lipinski definition) is 4. The van der Waals surface area contributed by atoms with Gasteiger partial charge in [-0.05, 0) is 67.6 Å². The van der Waals surface area contributed by atoms with Crippen LogP contribution in [-0.2, 0) is 6.54 Å². The molecule has 32 heavy (non-hydrogen) atoms. The summed E-state index contributed by atoms with van der Waals surface area (Å²) in [4.78, 5) is 31.6. The van der Waals surface area contributed by atoms with Crippen LogP contribution in [0.25, 0.3) is 0 Å². The molecular weight excluding hydrogens is 400 g/mol. The third-order valence-electron chi connectivity index (χ3n) is 5.97. The fourth-order valence-corrected chi connectivity index (χ4v) is 4.12. The number of aromatic nitrogens is 1. The molecule has 3 aromatic rings. The van der Waals surface area contributed by atoms with Crippen LogP contribution in [0.2, 0.25) is 0 Å². The van der Waals surface area contributed by atoms with Crippen LogP contribution >= 0.6 is 0 Å². The number of hydrogen-bond donors (Lipinski definition) is 2. The lowest BCUT2D eigenvalue weighted by Crippen LogP contribution is -2.43. The Morgan fingerprint density at radius 3 is 2.19 bits per heavy atom. The SMILES string of the molecule is NC1CCC(N(Cc2ccc(NC(=O)c3ccncc3)cc2)C(=O)c2ccccc2)CC1. The summed E-state index contributed by atoms with van der Waals surface area (Å²) < 4.78 is 0. The normalized spacial score (nSPS) is 18.0. The average Bonchev–Trinajstić information content (AvgIpc) is 2.85. The summed E-state index contributed by atoms with van der Waals surface area (Å²) in [5.41, 5.74) is 9.07. The van der Waals surface area contributed by atoms with E-state index in [1.54, 1.807) is 24.5 Å². The highest BCUT2D eigenvalue weighted by Crippen LogP contribution is 2.26. The van der Waals surface area contributed by atoms with Crippen molar-refractivity contribution in [3.05, 3.63) is 95.8 Å². The second-order valence-corrected chi connectivity index (χ2v) is 8.25. The van der Waals surface area contributed by atoms with Gasteiger partial charge in [-0.25, -0.2) is 0 Å². The molecule has 164 valence electrons. The van der Waals surface area contributed by atoms with Crippen molar-refractivity contribution in [1.82, 2.24) is 9.88 Å². The number of nitrogens with one attached hydrogen (secondary N) is 1. The predicted molar refractivity (Wildman–Crippen MR) is 125 cm³/mol. The Balaban J connectivity index is 1.48. The molecule has 0 aliphatic heterocycles. The van der Waals surface area contributed by atoms with Gasteiger partial charge < -0.3 is 16.0 Å². The van der Waals surface area contributed by atoms with E-state index in [0.717, 1.165) is 31.2 Å². The third-order valence-corrected chi connectivity index (χ3v) is 5.97. The predicted octanol–water partition coefficient (Wildman–Crippen LogP) is 4.25. The highest BCUT2D eigenvalue weighted by atomic mass is 16.2. The summed E-state index contributed by atoms with van der Waals surface area (Å²) in [7, 11) is 0. The summed E-state index contributed by atoms with van der Waals surface area (Å²) in [6, 6.07) is 20.8. The summed E-state index contributed by atoms with van der Waals surface area (Å²) in [5.74, 6) is -0.138. The fraction of sp³-hybridized carbons (Fsp3) is 0.269. The monoisotopic (exact) mass is 428 g/mol. The van der Waals surface area contributed by atoms with Crippen LogP contribution in [0, 0.1) is 0 Å². The molecule has 1 fully saturated rings. The molecule has 2 aromatic carbocycles. The van der Waals surface area contributed by atoms with Gasteiger partial charge in [0, 0.05) is 47.8 Å². The van der Waals surface area contributed by atoms with Crippen LogP contribution in [0.4, 0.5) is 5.69 Å². The van der Waals surface area contributed by atoms with E-state index in [1.807, 2.05) is 59.5 Å². The van der Waals surface area contributed by atoms with E-state index in [0.29, 0.717) is 23.4 Å². The first-order valence-electron chi connectivity index (χ1n) is 11.0. The van der Waals surface area contributed by atoms with Crippen molar-refractivity contribution < 1.29 is 9.59 Å². The molecule has 0 bridgehead atoms. The smallest absolute Gasteiger partial charge is 0.255 e. The largest absolute Gasteiger partial charge is 0.331 e. The first-order chi connectivity index (χ1) is 15.6. The topological polar surface area (TPSA) is 88.3 Å². The number of carbonyl (C=O) groups is 2. The molecule has 6 nitrogen and oxygen atoms in total. The molecule has 0 radical (unpaired) electrons. The first kappa shape index (κ1) is 21.7. The van der Waals surface area contributed by atoms with E-state index >= 15 is 0 Å². The molecular formula is C26H28N4O2. The van der Waals surface area contributed by atoms with Crippen molar-refractivity contribution in [3.8, 4) is 0 Å². The molecule has 1 aliphatic rings. The zero-order valence-corrected chi connectivity index (χ0v) is 18.0. The minimum absolute atomic E-state index is 0.0427. The fourth-order valence-electron chi connectivity index (χ4n) is 4.12. The molecule has 1 aliphatic carbocycles. The number of benzene rings is 2. The van der Waals surface area contributed by atoms with Crippen molar-refractivity contribution in [2.45, 2.75) is 44.3 Å². The quantitative estimate of drug-likeness (QED) is 0.614. The van der Waals surface area contributed by atoms with Crippen LogP contribution in [0.1, 0.15) is 52.0 Å². The first-order valence-corrected chi connectivity index (χ1v) is 11.0. The zero-order valence-electron chi connectivity index (χ0n) is 18.0. The Kier molecular flexibility index (Phi) is 6.92. The van der Waals surface area contributed by atoms with E-state index in [2.05, 4.69) is 10.3 Å². The number of anilines is 1. The Labute approximate surface area is 188 Å². The number of carbonyl (C=O) groups excluding carboxylic acids is 2. The molecule has 1 aromatic heterocycles. The second kappa shape index (κ2) is 10.2. The van der Waals surface area contributed by atoms with Crippen molar-refractivity contribution >= 4 is 17.5 Å². The lowest BCUT2D eigenvalue weighted by Gasteiger charge is -2.36. The highest BCUT2D eigenvalue weighted by Gasteiger charge is 2.28. The molecule has 1 saturated carbocycles. The van der Waals surface area contributed by atoms with E-state index in [-0.39, 0.29) is 23.9 Å². The maximum atomic E-state index is 13.3. The van der Waals surface area contributed by atoms with Gasteiger partial charge in [-0.15, -0.1) is 0 Å². The molecule has 1 heterocycles. The Morgan fingerprint density at radius 1 is 0.875 bits per heavy atom. The number of rotatable bonds is 6. The Bertz CT molecular complexity index is 1030. The van der Waals surface area contributed by atoms with Gasteiger partial charge >= 0.3 is 0 Å². The van der Waals surface area contributed by atoms with E-state index in [1.165, 1.54) is 0 Å². The van der Waals surface area contributed by atoms with Crippen molar-refractivity contribution in [2.24, 2.45) is 5.73 Å². The molecule has 0 unspecified atom stereocenters. The molecule has 0 atom stereocenters.